The highest BCUT2D eigenvalue weighted by Crippen LogP contribution is 2.36. The number of nitro groups is 1. The lowest BCUT2D eigenvalue weighted by atomic mass is 10.1. The van der Waals surface area contributed by atoms with Crippen LogP contribution in [0.2, 0.25) is 5.02 Å². The van der Waals surface area contributed by atoms with Crippen LogP contribution in [0.4, 0.5) is 24.5 Å². The van der Waals surface area contributed by atoms with E-state index in [0.717, 1.165) is 30.3 Å². The molecule has 0 bridgehead atoms. The SMILES string of the molecule is O=C(Nc1ccc(I)cc1C(F)(F)F)c1ccc([N+](=O)[O-])cc1Cl. The Morgan fingerprint density at radius 1 is 1.21 bits per heavy atom. The number of hydrogen-bond donors (Lipinski definition) is 1. The highest BCUT2D eigenvalue weighted by atomic mass is 127. The first-order valence-corrected chi connectivity index (χ1v) is 7.67. The van der Waals surface area contributed by atoms with Gasteiger partial charge in [0.1, 0.15) is 0 Å². The van der Waals surface area contributed by atoms with Gasteiger partial charge in [-0.05, 0) is 46.9 Å². The highest BCUT2D eigenvalue weighted by Gasteiger charge is 2.34. The number of hydrogen-bond acceptors (Lipinski definition) is 3. The topological polar surface area (TPSA) is 72.2 Å². The summed E-state index contributed by atoms with van der Waals surface area (Å²) in [5.41, 5.74) is -1.93. The molecule has 0 aromatic heterocycles. The number of carbonyl (C=O) groups is 1. The first-order chi connectivity index (χ1) is 11.1. The minimum atomic E-state index is -4.65. The van der Waals surface area contributed by atoms with Gasteiger partial charge in [-0.1, -0.05) is 11.6 Å². The van der Waals surface area contributed by atoms with E-state index in [4.69, 9.17) is 11.6 Å². The molecule has 24 heavy (non-hydrogen) atoms. The van der Waals surface area contributed by atoms with Crippen molar-refractivity contribution in [1.82, 2.24) is 0 Å². The highest BCUT2D eigenvalue weighted by molar-refractivity contribution is 14.1. The zero-order valence-corrected chi connectivity index (χ0v) is 14.4. The molecule has 126 valence electrons. The van der Waals surface area contributed by atoms with Crippen molar-refractivity contribution in [1.29, 1.82) is 0 Å². The summed E-state index contributed by atoms with van der Waals surface area (Å²) in [6, 6.07) is 6.50. The molecule has 0 spiro atoms. The third kappa shape index (κ3) is 4.15. The molecule has 0 aliphatic rings. The Hall–Kier alpha value is -1.88. The Morgan fingerprint density at radius 2 is 1.88 bits per heavy atom. The Balaban J connectivity index is 2.36. The van der Waals surface area contributed by atoms with E-state index >= 15 is 0 Å². The largest absolute Gasteiger partial charge is 0.418 e. The molecule has 5 nitrogen and oxygen atoms in total. The van der Waals surface area contributed by atoms with Crippen molar-refractivity contribution >= 4 is 51.5 Å². The predicted octanol–water partition coefficient (Wildman–Crippen LogP) is 5.12. The lowest BCUT2D eigenvalue weighted by molar-refractivity contribution is -0.384. The number of amides is 1. The number of nitrogens with zero attached hydrogens (tertiary/aromatic N) is 1. The molecule has 1 amide bonds. The fourth-order valence-corrected chi connectivity index (χ4v) is 2.60. The van der Waals surface area contributed by atoms with E-state index in [0.29, 0.717) is 3.57 Å². The average molecular weight is 471 g/mol. The Kier molecular flexibility index (Phi) is 5.33. The molecule has 0 unspecified atom stereocenters. The number of nitrogens with one attached hydrogen (secondary N) is 1. The van der Waals surface area contributed by atoms with Gasteiger partial charge in [0.15, 0.2) is 0 Å². The van der Waals surface area contributed by atoms with E-state index in [1.54, 1.807) is 22.6 Å². The molecule has 0 aliphatic heterocycles. The number of benzene rings is 2. The van der Waals surface area contributed by atoms with Gasteiger partial charge in [-0.15, -0.1) is 0 Å². The molecule has 2 rings (SSSR count). The van der Waals surface area contributed by atoms with Gasteiger partial charge in [0.05, 0.1) is 26.8 Å². The second-order valence-corrected chi connectivity index (χ2v) is 6.22. The second-order valence-electron chi connectivity index (χ2n) is 4.56. The standard InChI is InChI=1S/C14H7ClF3IN2O3/c15-11-6-8(21(23)24)2-3-9(11)13(22)20-12-4-1-7(19)5-10(12)14(16,17)18/h1-6H,(H,20,22). The molecular weight excluding hydrogens is 464 g/mol. The summed E-state index contributed by atoms with van der Waals surface area (Å²) >= 11 is 7.53. The maximum Gasteiger partial charge on any atom is 0.418 e. The molecular formula is C14H7ClF3IN2O3. The molecule has 0 aliphatic carbocycles. The minimum Gasteiger partial charge on any atom is -0.321 e. The Labute approximate surface area is 152 Å². The van der Waals surface area contributed by atoms with E-state index < -0.39 is 28.3 Å². The van der Waals surface area contributed by atoms with Crippen molar-refractivity contribution in [2.24, 2.45) is 0 Å². The van der Waals surface area contributed by atoms with Crippen LogP contribution >= 0.6 is 34.2 Å². The molecule has 0 heterocycles. The quantitative estimate of drug-likeness (QED) is 0.384. The summed E-state index contributed by atoms with van der Waals surface area (Å²) in [5, 5.41) is 12.5. The minimum absolute atomic E-state index is 0.172. The molecule has 2 aromatic rings. The van der Waals surface area contributed by atoms with Gasteiger partial charge in [-0.3, -0.25) is 14.9 Å². The first kappa shape index (κ1) is 18.5. The van der Waals surface area contributed by atoms with Gasteiger partial charge in [-0.2, -0.15) is 13.2 Å². The lowest BCUT2D eigenvalue weighted by Gasteiger charge is -2.14. The van der Waals surface area contributed by atoms with E-state index in [1.807, 2.05) is 0 Å². The zero-order valence-electron chi connectivity index (χ0n) is 11.5. The van der Waals surface area contributed by atoms with Crippen LogP contribution in [0, 0.1) is 13.7 Å². The van der Waals surface area contributed by atoms with E-state index in [9.17, 15) is 28.1 Å². The fraction of sp³-hybridized carbons (Fsp3) is 0.0714. The lowest BCUT2D eigenvalue weighted by Crippen LogP contribution is -2.17. The predicted molar refractivity (Wildman–Crippen MR) is 90.2 cm³/mol. The first-order valence-electron chi connectivity index (χ1n) is 6.21. The molecule has 0 atom stereocenters. The normalized spacial score (nSPS) is 11.2. The number of halogens is 5. The summed E-state index contributed by atoms with van der Waals surface area (Å²) in [7, 11) is 0. The number of rotatable bonds is 3. The summed E-state index contributed by atoms with van der Waals surface area (Å²) in [6.45, 7) is 0. The third-order valence-corrected chi connectivity index (χ3v) is 3.93. The number of alkyl halides is 3. The van der Waals surface area contributed by atoms with Crippen molar-refractivity contribution in [3.8, 4) is 0 Å². The second kappa shape index (κ2) is 6.93. The van der Waals surface area contributed by atoms with E-state index in [1.165, 1.54) is 6.07 Å². The summed E-state index contributed by atoms with van der Waals surface area (Å²) in [5.74, 6) is -0.901. The van der Waals surface area contributed by atoms with E-state index in [-0.39, 0.29) is 16.3 Å². The number of carbonyl (C=O) groups excluding carboxylic acids is 1. The number of non-ortho nitro benzene ring substituents is 1. The van der Waals surface area contributed by atoms with Gasteiger partial charge in [-0.25, -0.2) is 0 Å². The van der Waals surface area contributed by atoms with Crippen molar-refractivity contribution in [2.75, 3.05) is 5.32 Å². The third-order valence-electron chi connectivity index (χ3n) is 2.94. The van der Waals surface area contributed by atoms with Crippen LogP contribution in [0.3, 0.4) is 0 Å². The monoisotopic (exact) mass is 470 g/mol. The van der Waals surface area contributed by atoms with Crippen molar-refractivity contribution in [3.05, 3.63) is 66.2 Å². The van der Waals surface area contributed by atoms with Crippen LogP contribution in [-0.4, -0.2) is 10.8 Å². The fourth-order valence-electron chi connectivity index (χ4n) is 1.85. The Bertz CT molecular complexity index is 827. The number of anilines is 1. The van der Waals surface area contributed by atoms with E-state index in [2.05, 4.69) is 5.32 Å². The molecule has 0 radical (unpaired) electrons. The number of nitro benzene ring substituents is 1. The van der Waals surface area contributed by atoms with Crippen molar-refractivity contribution < 1.29 is 22.9 Å². The van der Waals surface area contributed by atoms with Crippen LogP contribution in [0.1, 0.15) is 15.9 Å². The molecule has 1 N–H and O–H groups in total. The van der Waals surface area contributed by atoms with Crippen LogP contribution < -0.4 is 5.32 Å². The molecule has 0 saturated carbocycles. The summed E-state index contributed by atoms with van der Waals surface area (Å²) < 4.78 is 39.5. The summed E-state index contributed by atoms with van der Waals surface area (Å²) in [4.78, 5) is 22.1. The maximum absolute atomic E-state index is 13.0. The maximum atomic E-state index is 13.0. The van der Waals surface area contributed by atoms with Crippen LogP contribution in [0.25, 0.3) is 0 Å². The van der Waals surface area contributed by atoms with Crippen LogP contribution in [0.15, 0.2) is 36.4 Å². The van der Waals surface area contributed by atoms with Gasteiger partial charge in [0.2, 0.25) is 0 Å². The molecule has 0 fully saturated rings. The average Bonchev–Trinajstić information content (AvgIpc) is 2.47. The Morgan fingerprint density at radius 3 is 2.42 bits per heavy atom. The van der Waals surface area contributed by atoms with Gasteiger partial charge < -0.3 is 5.32 Å². The van der Waals surface area contributed by atoms with Gasteiger partial charge in [0.25, 0.3) is 11.6 Å². The van der Waals surface area contributed by atoms with Crippen molar-refractivity contribution in [3.63, 3.8) is 0 Å². The smallest absolute Gasteiger partial charge is 0.321 e. The van der Waals surface area contributed by atoms with Crippen LogP contribution in [0.5, 0.6) is 0 Å². The zero-order chi connectivity index (χ0) is 18.1. The molecule has 2 aromatic carbocycles. The van der Waals surface area contributed by atoms with Gasteiger partial charge in [0, 0.05) is 15.7 Å². The van der Waals surface area contributed by atoms with Gasteiger partial charge >= 0.3 is 6.18 Å². The van der Waals surface area contributed by atoms with Crippen molar-refractivity contribution in [2.45, 2.75) is 6.18 Å². The molecule has 10 heteroatoms. The summed E-state index contributed by atoms with van der Waals surface area (Å²) in [6.07, 6.45) is -4.65. The molecule has 0 saturated heterocycles. The van der Waals surface area contributed by atoms with Crippen LogP contribution in [-0.2, 0) is 6.18 Å².